The van der Waals surface area contributed by atoms with Crippen molar-refractivity contribution in [3.63, 3.8) is 0 Å². The normalized spacial score (nSPS) is 17.8. The molecule has 1 fully saturated rings. The van der Waals surface area contributed by atoms with Crippen molar-refractivity contribution in [2.45, 2.75) is 38.1 Å². The van der Waals surface area contributed by atoms with Crippen LogP contribution in [0.5, 0.6) is 0 Å². The summed E-state index contributed by atoms with van der Waals surface area (Å²) in [5.74, 6) is 0.749. The molecule has 1 aromatic carbocycles. The quantitative estimate of drug-likeness (QED) is 0.869. The Labute approximate surface area is 111 Å². The predicted octanol–water partition coefficient (Wildman–Crippen LogP) is 3.91. The second-order valence-corrected chi connectivity index (χ2v) is 5.87. The first-order valence-electron chi connectivity index (χ1n) is 6.30. The molecule has 0 heterocycles. The molecule has 1 unspecified atom stereocenters. The zero-order valence-corrected chi connectivity index (χ0v) is 11.8. The molecule has 1 aliphatic rings. The van der Waals surface area contributed by atoms with Gasteiger partial charge in [0.25, 0.3) is 0 Å². The van der Waals surface area contributed by atoms with Crippen LogP contribution in [0.25, 0.3) is 0 Å². The molecule has 0 radical (unpaired) electrons. The van der Waals surface area contributed by atoms with Gasteiger partial charge in [-0.25, -0.2) is 4.39 Å². The van der Waals surface area contributed by atoms with Crippen molar-refractivity contribution in [2.24, 2.45) is 5.92 Å². The summed E-state index contributed by atoms with van der Waals surface area (Å²) in [6.45, 7) is 0. The zero-order chi connectivity index (χ0) is 12.3. The van der Waals surface area contributed by atoms with Crippen molar-refractivity contribution in [1.82, 2.24) is 5.32 Å². The Kier molecular flexibility index (Phi) is 4.57. The molecule has 17 heavy (non-hydrogen) atoms. The Bertz CT molecular complexity index is 376. The summed E-state index contributed by atoms with van der Waals surface area (Å²) >= 11 is 3.28. The number of nitrogens with one attached hydrogen (secondary N) is 1. The molecule has 0 aliphatic heterocycles. The molecule has 1 atom stereocenters. The molecule has 0 bridgehead atoms. The lowest BCUT2D eigenvalue weighted by Crippen LogP contribution is -2.32. The average Bonchev–Trinajstić information content (AvgIpc) is 2.24. The number of rotatable bonds is 5. The van der Waals surface area contributed by atoms with Crippen LogP contribution < -0.4 is 5.32 Å². The van der Waals surface area contributed by atoms with Gasteiger partial charge in [0, 0.05) is 10.5 Å². The van der Waals surface area contributed by atoms with E-state index >= 15 is 0 Å². The van der Waals surface area contributed by atoms with Gasteiger partial charge in [-0.15, -0.1) is 0 Å². The first kappa shape index (κ1) is 13.0. The van der Waals surface area contributed by atoms with Crippen molar-refractivity contribution in [3.05, 3.63) is 34.1 Å². The van der Waals surface area contributed by atoms with Gasteiger partial charge in [-0.2, -0.15) is 0 Å². The monoisotopic (exact) mass is 299 g/mol. The van der Waals surface area contributed by atoms with Gasteiger partial charge in [0.15, 0.2) is 0 Å². The minimum Gasteiger partial charge on any atom is -0.317 e. The summed E-state index contributed by atoms with van der Waals surface area (Å²) in [7, 11) is 1.97. The number of hydrogen-bond donors (Lipinski definition) is 1. The highest BCUT2D eigenvalue weighted by Crippen LogP contribution is 2.31. The molecule has 1 nitrogen and oxygen atoms in total. The molecular formula is C14H19BrFN. The standard InChI is InChI=1S/C14H19BrFN/c1-17-13(7-10-3-2-4-10)8-11-5-6-12(15)9-14(11)16/h5-6,9-10,13,17H,2-4,7-8H2,1H3. The molecule has 0 spiro atoms. The summed E-state index contributed by atoms with van der Waals surface area (Å²) in [6.07, 6.45) is 6.02. The zero-order valence-electron chi connectivity index (χ0n) is 10.2. The SMILES string of the molecule is CNC(Cc1ccc(Br)cc1F)CC1CCC1. The van der Waals surface area contributed by atoms with Gasteiger partial charge >= 0.3 is 0 Å². The van der Waals surface area contributed by atoms with Crippen molar-refractivity contribution in [2.75, 3.05) is 7.05 Å². The van der Waals surface area contributed by atoms with Crippen LogP contribution in [0.4, 0.5) is 4.39 Å². The van der Waals surface area contributed by atoms with Crippen molar-refractivity contribution in [3.8, 4) is 0 Å². The summed E-state index contributed by atoms with van der Waals surface area (Å²) < 4.78 is 14.5. The van der Waals surface area contributed by atoms with Crippen LogP contribution in [-0.2, 0) is 6.42 Å². The molecule has 94 valence electrons. The van der Waals surface area contributed by atoms with Gasteiger partial charge in [0.1, 0.15) is 5.82 Å². The van der Waals surface area contributed by atoms with Gasteiger partial charge in [-0.05, 0) is 43.5 Å². The lowest BCUT2D eigenvalue weighted by Gasteiger charge is -2.29. The van der Waals surface area contributed by atoms with E-state index in [1.807, 2.05) is 19.2 Å². The van der Waals surface area contributed by atoms with E-state index in [0.717, 1.165) is 22.4 Å². The lowest BCUT2D eigenvalue weighted by atomic mass is 9.80. The van der Waals surface area contributed by atoms with Crippen LogP contribution in [0.1, 0.15) is 31.2 Å². The first-order valence-corrected chi connectivity index (χ1v) is 7.09. The van der Waals surface area contributed by atoms with Crippen LogP contribution in [0.2, 0.25) is 0 Å². The average molecular weight is 300 g/mol. The Hall–Kier alpha value is -0.410. The van der Waals surface area contributed by atoms with E-state index in [1.54, 1.807) is 6.07 Å². The van der Waals surface area contributed by atoms with Gasteiger partial charge in [-0.1, -0.05) is 41.3 Å². The van der Waals surface area contributed by atoms with E-state index in [4.69, 9.17) is 0 Å². The van der Waals surface area contributed by atoms with Crippen molar-refractivity contribution in [1.29, 1.82) is 0 Å². The number of likely N-dealkylation sites (N-methyl/N-ethyl adjacent to an activating group) is 1. The number of hydrogen-bond acceptors (Lipinski definition) is 1. The fourth-order valence-corrected chi connectivity index (χ4v) is 2.72. The Balaban J connectivity index is 1.96. The summed E-state index contributed by atoms with van der Waals surface area (Å²) in [5, 5.41) is 3.31. The predicted molar refractivity (Wildman–Crippen MR) is 72.6 cm³/mol. The number of benzene rings is 1. The van der Waals surface area contributed by atoms with E-state index in [1.165, 1.54) is 25.7 Å². The highest BCUT2D eigenvalue weighted by atomic mass is 79.9. The van der Waals surface area contributed by atoms with Crippen LogP contribution >= 0.6 is 15.9 Å². The van der Waals surface area contributed by atoms with Gasteiger partial charge in [-0.3, -0.25) is 0 Å². The third-order valence-electron chi connectivity index (χ3n) is 3.73. The van der Waals surface area contributed by atoms with Gasteiger partial charge in [0.05, 0.1) is 0 Å². The van der Waals surface area contributed by atoms with Crippen LogP contribution in [0.15, 0.2) is 22.7 Å². The van der Waals surface area contributed by atoms with E-state index in [2.05, 4.69) is 21.2 Å². The molecule has 0 saturated heterocycles. The molecule has 0 amide bonds. The maximum Gasteiger partial charge on any atom is 0.127 e. The fourth-order valence-electron chi connectivity index (χ4n) is 2.39. The summed E-state index contributed by atoms with van der Waals surface area (Å²) in [5.41, 5.74) is 0.812. The largest absolute Gasteiger partial charge is 0.317 e. The molecule has 1 aliphatic carbocycles. The second kappa shape index (κ2) is 5.96. The smallest absolute Gasteiger partial charge is 0.127 e. The number of halogens is 2. The minimum absolute atomic E-state index is 0.103. The Morgan fingerprint density at radius 3 is 2.76 bits per heavy atom. The Morgan fingerprint density at radius 1 is 1.47 bits per heavy atom. The topological polar surface area (TPSA) is 12.0 Å². The van der Waals surface area contributed by atoms with E-state index in [9.17, 15) is 4.39 Å². The maximum atomic E-state index is 13.7. The second-order valence-electron chi connectivity index (χ2n) is 4.96. The van der Waals surface area contributed by atoms with Gasteiger partial charge < -0.3 is 5.32 Å². The molecule has 1 N–H and O–H groups in total. The summed E-state index contributed by atoms with van der Waals surface area (Å²) in [6, 6.07) is 5.74. The molecule has 3 heteroatoms. The fraction of sp³-hybridized carbons (Fsp3) is 0.571. The Morgan fingerprint density at radius 2 is 2.24 bits per heavy atom. The third-order valence-corrected chi connectivity index (χ3v) is 4.23. The maximum absolute atomic E-state index is 13.7. The first-order chi connectivity index (χ1) is 8.19. The van der Waals surface area contributed by atoms with Gasteiger partial charge in [0.2, 0.25) is 0 Å². The molecule has 1 saturated carbocycles. The minimum atomic E-state index is -0.103. The lowest BCUT2D eigenvalue weighted by molar-refractivity contribution is 0.263. The van der Waals surface area contributed by atoms with Crippen molar-refractivity contribution < 1.29 is 4.39 Å². The third kappa shape index (κ3) is 3.52. The highest BCUT2D eigenvalue weighted by Gasteiger charge is 2.22. The van der Waals surface area contributed by atoms with Crippen LogP contribution in [-0.4, -0.2) is 13.1 Å². The van der Waals surface area contributed by atoms with E-state index in [-0.39, 0.29) is 5.82 Å². The summed E-state index contributed by atoms with van der Waals surface area (Å²) in [4.78, 5) is 0. The van der Waals surface area contributed by atoms with E-state index < -0.39 is 0 Å². The molecular weight excluding hydrogens is 281 g/mol. The van der Waals surface area contributed by atoms with Crippen LogP contribution in [0, 0.1) is 11.7 Å². The van der Waals surface area contributed by atoms with Crippen LogP contribution in [0.3, 0.4) is 0 Å². The highest BCUT2D eigenvalue weighted by molar-refractivity contribution is 9.10. The molecule has 2 rings (SSSR count). The molecule has 0 aromatic heterocycles. The molecule has 1 aromatic rings. The van der Waals surface area contributed by atoms with E-state index in [0.29, 0.717) is 6.04 Å². The van der Waals surface area contributed by atoms with Crippen molar-refractivity contribution >= 4 is 15.9 Å².